The van der Waals surface area contributed by atoms with Gasteiger partial charge in [-0.05, 0) is 56.5 Å². The summed E-state index contributed by atoms with van der Waals surface area (Å²) in [6, 6.07) is 4.77. The van der Waals surface area contributed by atoms with E-state index in [1.54, 1.807) is 6.07 Å². The number of likely N-dealkylation sites (tertiary alicyclic amines) is 1. The lowest BCUT2D eigenvalue weighted by molar-refractivity contribution is 0.132. The van der Waals surface area contributed by atoms with Crippen molar-refractivity contribution in [2.45, 2.75) is 37.8 Å². The summed E-state index contributed by atoms with van der Waals surface area (Å²) in [7, 11) is 2.01. The lowest BCUT2D eigenvalue weighted by Gasteiger charge is -2.26. The Labute approximate surface area is 158 Å². The van der Waals surface area contributed by atoms with Gasteiger partial charge >= 0.3 is 6.03 Å². The second-order valence-electron chi connectivity index (χ2n) is 7.50. The van der Waals surface area contributed by atoms with Gasteiger partial charge in [-0.1, -0.05) is 24.1 Å². The normalized spacial score (nSPS) is 29.1. The van der Waals surface area contributed by atoms with Crippen molar-refractivity contribution < 1.29 is 14.3 Å². The molecule has 4 atom stereocenters. The number of carbonyl (C=O) groups is 1. The standard InChI is InChI=1S/C19H27ClFN3O2/c1-24-8-7-14(18(24)12-5-6-15(20)16(21)9-12)11-23-19(26)22-10-13-3-2-4-17(13)25/h5-6,9,13-14,17-18,25H,2-4,7-8,10-11H2,1H3,(H2,22,23,26). The van der Waals surface area contributed by atoms with E-state index in [1.807, 2.05) is 13.1 Å². The van der Waals surface area contributed by atoms with E-state index in [-0.39, 0.29) is 35.0 Å². The van der Waals surface area contributed by atoms with Crippen LogP contribution in [0.2, 0.25) is 5.02 Å². The van der Waals surface area contributed by atoms with Crippen LogP contribution >= 0.6 is 11.6 Å². The van der Waals surface area contributed by atoms with Gasteiger partial charge in [0.05, 0.1) is 11.1 Å². The highest BCUT2D eigenvalue weighted by molar-refractivity contribution is 6.30. The number of aliphatic hydroxyl groups is 1. The number of aliphatic hydroxyl groups excluding tert-OH is 1. The summed E-state index contributed by atoms with van der Waals surface area (Å²) in [4.78, 5) is 14.3. The molecular formula is C19H27ClFN3O2. The first-order valence-corrected chi connectivity index (χ1v) is 9.68. The van der Waals surface area contributed by atoms with Crippen LogP contribution in [0.1, 0.15) is 37.3 Å². The minimum absolute atomic E-state index is 0.0544. The Hall–Kier alpha value is -1.37. The molecule has 3 rings (SSSR count). The fourth-order valence-corrected chi connectivity index (χ4v) is 4.35. The fourth-order valence-electron chi connectivity index (χ4n) is 4.23. The van der Waals surface area contributed by atoms with E-state index < -0.39 is 5.82 Å². The van der Waals surface area contributed by atoms with Crippen molar-refractivity contribution in [3.8, 4) is 0 Å². The predicted molar refractivity (Wildman–Crippen MR) is 99.6 cm³/mol. The van der Waals surface area contributed by atoms with Crippen LogP contribution in [-0.4, -0.2) is 48.8 Å². The topological polar surface area (TPSA) is 64.6 Å². The number of benzene rings is 1. The van der Waals surface area contributed by atoms with Crippen molar-refractivity contribution in [3.63, 3.8) is 0 Å². The average molecular weight is 384 g/mol. The van der Waals surface area contributed by atoms with Crippen molar-refractivity contribution in [1.29, 1.82) is 0 Å². The second kappa shape index (κ2) is 8.55. The third-order valence-corrected chi connectivity index (χ3v) is 6.03. The third-order valence-electron chi connectivity index (χ3n) is 5.73. The van der Waals surface area contributed by atoms with Gasteiger partial charge in [0.1, 0.15) is 5.82 Å². The van der Waals surface area contributed by atoms with Gasteiger partial charge < -0.3 is 15.7 Å². The Bertz CT molecular complexity index is 645. The van der Waals surface area contributed by atoms with Gasteiger partial charge in [0.2, 0.25) is 0 Å². The van der Waals surface area contributed by atoms with Crippen molar-refractivity contribution >= 4 is 17.6 Å². The molecule has 2 aliphatic rings. The number of urea groups is 1. The lowest BCUT2D eigenvalue weighted by atomic mass is 9.93. The second-order valence-corrected chi connectivity index (χ2v) is 7.90. The van der Waals surface area contributed by atoms with Crippen molar-refractivity contribution in [2.24, 2.45) is 11.8 Å². The van der Waals surface area contributed by atoms with Gasteiger partial charge in [-0.3, -0.25) is 4.90 Å². The van der Waals surface area contributed by atoms with Crippen LogP contribution in [0.5, 0.6) is 0 Å². The van der Waals surface area contributed by atoms with Crippen LogP contribution in [0.25, 0.3) is 0 Å². The maximum absolute atomic E-state index is 13.8. The number of halogens is 2. The van der Waals surface area contributed by atoms with E-state index in [2.05, 4.69) is 15.5 Å². The van der Waals surface area contributed by atoms with Crippen molar-refractivity contribution in [1.82, 2.24) is 15.5 Å². The summed E-state index contributed by atoms with van der Waals surface area (Å²) >= 11 is 5.79. The minimum Gasteiger partial charge on any atom is -0.393 e. The number of nitrogens with zero attached hydrogens (tertiary/aromatic N) is 1. The Morgan fingerprint density at radius 1 is 1.27 bits per heavy atom. The first kappa shape index (κ1) is 19.4. The summed E-state index contributed by atoms with van der Waals surface area (Å²) in [5.41, 5.74) is 0.883. The molecular weight excluding hydrogens is 357 g/mol. The molecule has 1 heterocycles. The van der Waals surface area contributed by atoms with Crippen LogP contribution in [0.3, 0.4) is 0 Å². The van der Waals surface area contributed by atoms with Gasteiger partial charge in [0, 0.05) is 25.0 Å². The van der Waals surface area contributed by atoms with E-state index in [0.717, 1.165) is 37.8 Å². The molecule has 1 saturated heterocycles. The SMILES string of the molecule is CN1CCC(CNC(=O)NCC2CCCC2O)C1c1ccc(Cl)c(F)c1. The van der Waals surface area contributed by atoms with E-state index in [1.165, 1.54) is 6.07 Å². The van der Waals surface area contributed by atoms with Gasteiger partial charge in [0.25, 0.3) is 0 Å². The van der Waals surface area contributed by atoms with Gasteiger partial charge in [-0.15, -0.1) is 0 Å². The smallest absolute Gasteiger partial charge is 0.314 e. The molecule has 0 bridgehead atoms. The molecule has 26 heavy (non-hydrogen) atoms. The number of rotatable bonds is 5. The highest BCUT2D eigenvalue weighted by atomic mass is 35.5. The number of hydrogen-bond acceptors (Lipinski definition) is 3. The zero-order valence-electron chi connectivity index (χ0n) is 15.0. The Kier molecular flexibility index (Phi) is 6.37. The largest absolute Gasteiger partial charge is 0.393 e. The van der Waals surface area contributed by atoms with Crippen LogP contribution in [0.4, 0.5) is 9.18 Å². The first-order chi connectivity index (χ1) is 12.5. The summed E-state index contributed by atoms with van der Waals surface area (Å²) in [5, 5.41) is 15.7. The zero-order valence-corrected chi connectivity index (χ0v) is 15.8. The highest BCUT2D eigenvalue weighted by Crippen LogP contribution is 2.36. The number of amides is 2. The Balaban J connectivity index is 1.52. The summed E-state index contributed by atoms with van der Waals surface area (Å²) in [6.45, 7) is 1.93. The molecule has 2 fully saturated rings. The van der Waals surface area contributed by atoms with Gasteiger partial charge in [-0.25, -0.2) is 9.18 Å². The zero-order chi connectivity index (χ0) is 18.7. The molecule has 0 radical (unpaired) electrons. The van der Waals surface area contributed by atoms with Gasteiger partial charge in [0.15, 0.2) is 0 Å². The Morgan fingerprint density at radius 3 is 2.65 bits per heavy atom. The molecule has 0 spiro atoms. The molecule has 7 heteroatoms. The van der Waals surface area contributed by atoms with E-state index in [4.69, 9.17) is 11.6 Å². The van der Waals surface area contributed by atoms with Gasteiger partial charge in [-0.2, -0.15) is 0 Å². The van der Waals surface area contributed by atoms with E-state index in [9.17, 15) is 14.3 Å². The molecule has 5 nitrogen and oxygen atoms in total. The number of nitrogens with one attached hydrogen (secondary N) is 2. The third kappa shape index (κ3) is 4.48. The summed E-state index contributed by atoms with van der Waals surface area (Å²) < 4.78 is 13.8. The van der Waals surface area contributed by atoms with Crippen LogP contribution < -0.4 is 10.6 Å². The molecule has 2 amide bonds. The summed E-state index contributed by atoms with van der Waals surface area (Å²) in [5.74, 6) is -0.0457. The quantitative estimate of drug-likeness (QED) is 0.732. The molecule has 1 aliphatic carbocycles. The molecule has 144 valence electrons. The van der Waals surface area contributed by atoms with Crippen molar-refractivity contribution in [3.05, 3.63) is 34.6 Å². The average Bonchev–Trinajstić information content (AvgIpc) is 3.19. The molecule has 0 aromatic heterocycles. The molecule has 3 N–H and O–H groups in total. The number of hydrogen-bond donors (Lipinski definition) is 3. The van der Waals surface area contributed by atoms with Crippen LogP contribution in [-0.2, 0) is 0 Å². The monoisotopic (exact) mass is 383 g/mol. The predicted octanol–water partition coefficient (Wildman–Crippen LogP) is 2.93. The molecule has 1 aliphatic heterocycles. The van der Waals surface area contributed by atoms with E-state index >= 15 is 0 Å². The summed E-state index contributed by atoms with van der Waals surface area (Å²) in [6.07, 6.45) is 3.43. The maximum atomic E-state index is 13.8. The first-order valence-electron chi connectivity index (χ1n) is 9.30. The minimum atomic E-state index is -0.413. The molecule has 4 unspecified atom stereocenters. The lowest BCUT2D eigenvalue weighted by Crippen LogP contribution is -2.42. The molecule has 1 aromatic carbocycles. The molecule has 1 aromatic rings. The van der Waals surface area contributed by atoms with Crippen LogP contribution in [0, 0.1) is 17.7 Å². The maximum Gasteiger partial charge on any atom is 0.314 e. The Morgan fingerprint density at radius 2 is 2.00 bits per heavy atom. The fraction of sp³-hybridized carbons (Fsp3) is 0.632. The molecule has 1 saturated carbocycles. The van der Waals surface area contributed by atoms with E-state index in [0.29, 0.717) is 13.1 Å². The highest BCUT2D eigenvalue weighted by Gasteiger charge is 2.33. The number of carbonyl (C=O) groups excluding carboxylic acids is 1. The van der Waals surface area contributed by atoms with Crippen LogP contribution in [0.15, 0.2) is 18.2 Å². The van der Waals surface area contributed by atoms with Crippen molar-refractivity contribution in [2.75, 3.05) is 26.7 Å².